The summed E-state index contributed by atoms with van der Waals surface area (Å²) in [5.74, 6) is 2.28. The Morgan fingerprint density at radius 2 is 2.14 bits per heavy atom. The van der Waals surface area contributed by atoms with Crippen molar-refractivity contribution in [2.24, 2.45) is 11.7 Å². The van der Waals surface area contributed by atoms with Gasteiger partial charge in [-0.2, -0.15) is 4.98 Å². The van der Waals surface area contributed by atoms with Gasteiger partial charge in [0.1, 0.15) is 0 Å². The van der Waals surface area contributed by atoms with E-state index in [1.165, 1.54) is 0 Å². The highest BCUT2D eigenvalue weighted by Gasteiger charge is 2.13. The molecule has 0 radical (unpaired) electrons. The predicted octanol–water partition coefficient (Wildman–Crippen LogP) is 1.72. The van der Waals surface area contributed by atoms with E-state index in [4.69, 9.17) is 10.3 Å². The summed E-state index contributed by atoms with van der Waals surface area (Å²) in [6.07, 6.45) is 1.85. The minimum atomic E-state index is 0.324. The standard InChI is InChI=1S/C10H19N3O/c1-4-8(6-11)5-9-12-10(7(2)3)13-14-9/h7-8H,4-6,11H2,1-3H3. The lowest BCUT2D eigenvalue weighted by molar-refractivity contribution is 0.346. The van der Waals surface area contributed by atoms with Crippen LogP contribution in [0.25, 0.3) is 0 Å². The first-order chi connectivity index (χ1) is 6.67. The molecule has 80 valence electrons. The first-order valence-corrected chi connectivity index (χ1v) is 5.19. The van der Waals surface area contributed by atoms with Crippen molar-refractivity contribution < 1.29 is 4.52 Å². The minimum Gasteiger partial charge on any atom is -0.339 e. The van der Waals surface area contributed by atoms with Gasteiger partial charge in [-0.1, -0.05) is 32.3 Å². The first kappa shape index (κ1) is 11.2. The Bertz CT molecular complexity index is 266. The molecule has 1 rings (SSSR count). The number of aromatic nitrogens is 2. The van der Waals surface area contributed by atoms with E-state index in [-0.39, 0.29) is 0 Å². The molecule has 0 aromatic carbocycles. The average molecular weight is 197 g/mol. The Morgan fingerprint density at radius 3 is 2.57 bits per heavy atom. The van der Waals surface area contributed by atoms with Crippen LogP contribution in [-0.4, -0.2) is 16.7 Å². The van der Waals surface area contributed by atoms with Gasteiger partial charge in [-0.3, -0.25) is 0 Å². The maximum Gasteiger partial charge on any atom is 0.226 e. The molecular formula is C10H19N3O. The molecule has 1 heterocycles. The van der Waals surface area contributed by atoms with E-state index in [2.05, 4.69) is 30.9 Å². The molecule has 1 aromatic rings. The van der Waals surface area contributed by atoms with Crippen molar-refractivity contribution >= 4 is 0 Å². The molecule has 0 aliphatic heterocycles. The normalized spacial score (nSPS) is 13.5. The fraction of sp³-hybridized carbons (Fsp3) is 0.800. The molecule has 2 N–H and O–H groups in total. The monoisotopic (exact) mass is 197 g/mol. The van der Waals surface area contributed by atoms with Crippen molar-refractivity contribution in [1.82, 2.24) is 10.1 Å². The third-order valence-corrected chi connectivity index (χ3v) is 2.37. The van der Waals surface area contributed by atoms with Crippen molar-refractivity contribution in [2.45, 2.75) is 39.5 Å². The second kappa shape index (κ2) is 5.10. The summed E-state index contributed by atoms with van der Waals surface area (Å²) >= 11 is 0. The molecule has 1 unspecified atom stereocenters. The van der Waals surface area contributed by atoms with Gasteiger partial charge in [-0.05, 0) is 12.5 Å². The number of rotatable bonds is 5. The van der Waals surface area contributed by atoms with E-state index in [9.17, 15) is 0 Å². The molecule has 0 aliphatic carbocycles. The van der Waals surface area contributed by atoms with Crippen molar-refractivity contribution in [3.63, 3.8) is 0 Å². The SMILES string of the molecule is CCC(CN)Cc1nc(C(C)C)no1. The third-order valence-electron chi connectivity index (χ3n) is 2.37. The lowest BCUT2D eigenvalue weighted by Gasteiger charge is -2.07. The average Bonchev–Trinajstić information content (AvgIpc) is 2.62. The molecule has 0 amide bonds. The Balaban J connectivity index is 2.58. The Hall–Kier alpha value is -0.900. The number of hydrogen-bond acceptors (Lipinski definition) is 4. The van der Waals surface area contributed by atoms with E-state index in [1.807, 2.05) is 0 Å². The second-order valence-corrected chi connectivity index (χ2v) is 3.92. The van der Waals surface area contributed by atoms with Crippen LogP contribution < -0.4 is 5.73 Å². The molecule has 4 heteroatoms. The smallest absolute Gasteiger partial charge is 0.226 e. The van der Waals surface area contributed by atoms with Gasteiger partial charge in [-0.25, -0.2) is 0 Å². The maximum absolute atomic E-state index is 5.61. The lowest BCUT2D eigenvalue weighted by Crippen LogP contribution is -2.16. The molecule has 0 saturated heterocycles. The Labute approximate surface area is 84.9 Å². The fourth-order valence-electron chi connectivity index (χ4n) is 1.23. The first-order valence-electron chi connectivity index (χ1n) is 5.19. The third kappa shape index (κ3) is 2.80. The fourth-order valence-corrected chi connectivity index (χ4v) is 1.23. The summed E-state index contributed by atoms with van der Waals surface area (Å²) in [5, 5.41) is 3.91. The molecule has 1 aromatic heterocycles. The van der Waals surface area contributed by atoms with Crippen LogP contribution in [0.4, 0.5) is 0 Å². The van der Waals surface area contributed by atoms with Crippen LogP contribution in [0.5, 0.6) is 0 Å². The summed E-state index contributed by atoms with van der Waals surface area (Å²) in [4.78, 5) is 4.31. The van der Waals surface area contributed by atoms with Crippen LogP contribution in [-0.2, 0) is 6.42 Å². The predicted molar refractivity (Wildman–Crippen MR) is 54.9 cm³/mol. The van der Waals surface area contributed by atoms with Gasteiger partial charge in [0.25, 0.3) is 0 Å². The van der Waals surface area contributed by atoms with Gasteiger partial charge in [-0.15, -0.1) is 0 Å². The number of nitrogens with zero attached hydrogens (tertiary/aromatic N) is 2. The number of nitrogens with two attached hydrogens (primary N) is 1. The van der Waals surface area contributed by atoms with Gasteiger partial charge >= 0.3 is 0 Å². The van der Waals surface area contributed by atoms with E-state index < -0.39 is 0 Å². The highest BCUT2D eigenvalue weighted by Crippen LogP contribution is 2.13. The Kier molecular flexibility index (Phi) is 4.07. The Morgan fingerprint density at radius 1 is 1.43 bits per heavy atom. The van der Waals surface area contributed by atoms with E-state index >= 15 is 0 Å². The van der Waals surface area contributed by atoms with Gasteiger partial charge in [0, 0.05) is 12.3 Å². The molecule has 0 aliphatic rings. The summed E-state index contributed by atoms with van der Waals surface area (Å²) < 4.78 is 5.14. The quantitative estimate of drug-likeness (QED) is 0.780. The van der Waals surface area contributed by atoms with Crippen LogP contribution in [0.15, 0.2) is 4.52 Å². The minimum absolute atomic E-state index is 0.324. The van der Waals surface area contributed by atoms with Crippen molar-refractivity contribution in [2.75, 3.05) is 6.54 Å². The number of hydrogen-bond donors (Lipinski definition) is 1. The summed E-state index contributed by atoms with van der Waals surface area (Å²) in [6.45, 7) is 6.90. The van der Waals surface area contributed by atoms with Crippen LogP contribution in [0, 0.1) is 5.92 Å². The van der Waals surface area contributed by atoms with Gasteiger partial charge < -0.3 is 10.3 Å². The highest BCUT2D eigenvalue weighted by atomic mass is 16.5. The van der Waals surface area contributed by atoms with Crippen LogP contribution >= 0.6 is 0 Å². The van der Waals surface area contributed by atoms with Crippen molar-refractivity contribution in [1.29, 1.82) is 0 Å². The zero-order valence-corrected chi connectivity index (χ0v) is 9.16. The van der Waals surface area contributed by atoms with E-state index in [1.54, 1.807) is 0 Å². The lowest BCUT2D eigenvalue weighted by atomic mass is 10.0. The topological polar surface area (TPSA) is 64.9 Å². The van der Waals surface area contributed by atoms with Crippen molar-refractivity contribution in [3.05, 3.63) is 11.7 Å². The van der Waals surface area contributed by atoms with Gasteiger partial charge in [0.15, 0.2) is 5.82 Å². The molecule has 14 heavy (non-hydrogen) atoms. The maximum atomic E-state index is 5.61. The molecule has 1 atom stereocenters. The zero-order chi connectivity index (χ0) is 10.6. The van der Waals surface area contributed by atoms with Crippen LogP contribution in [0.3, 0.4) is 0 Å². The van der Waals surface area contributed by atoms with Crippen LogP contribution in [0.1, 0.15) is 44.8 Å². The zero-order valence-electron chi connectivity index (χ0n) is 9.16. The molecular weight excluding hydrogens is 178 g/mol. The summed E-state index contributed by atoms with van der Waals surface area (Å²) in [5.41, 5.74) is 5.61. The molecule has 0 bridgehead atoms. The van der Waals surface area contributed by atoms with Gasteiger partial charge in [0.2, 0.25) is 5.89 Å². The molecule has 4 nitrogen and oxygen atoms in total. The molecule has 0 saturated carbocycles. The second-order valence-electron chi connectivity index (χ2n) is 3.92. The van der Waals surface area contributed by atoms with Crippen molar-refractivity contribution in [3.8, 4) is 0 Å². The molecule has 0 fully saturated rings. The molecule has 0 spiro atoms. The summed E-state index contributed by atoms with van der Waals surface area (Å²) in [7, 11) is 0. The largest absolute Gasteiger partial charge is 0.339 e. The summed E-state index contributed by atoms with van der Waals surface area (Å²) in [6, 6.07) is 0. The van der Waals surface area contributed by atoms with Crippen LogP contribution in [0.2, 0.25) is 0 Å². The van der Waals surface area contributed by atoms with E-state index in [0.717, 1.165) is 18.7 Å². The highest BCUT2D eigenvalue weighted by molar-refractivity contribution is 4.92. The van der Waals surface area contributed by atoms with Gasteiger partial charge in [0.05, 0.1) is 0 Å². The van der Waals surface area contributed by atoms with E-state index in [0.29, 0.717) is 24.3 Å².